The van der Waals surface area contributed by atoms with Gasteiger partial charge in [-0.3, -0.25) is 14.3 Å². The van der Waals surface area contributed by atoms with Crippen LogP contribution in [0.15, 0.2) is 0 Å². The lowest BCUT2D eigenvalue weighted by molar-refractivity contribution is -0.120. The molecule has 1 heterocycles. The first-order chi connectivity index (χ1) is 7.22. The molecule has 1 fully saturated rings. The molecule has 5 heteroatoms. The van der Waals surface area contributed by atoms with Crippen molar-refractivity contribution in [3.63, 3.8) is 0 Å². The number of hydrogen-bond acceptors (Lipinski definition) is 3. The lowest BCUT2D eigenvalue weighted by Gasteiger charge is -2.22. The molecule has 0 bridgehead atoms. The van der Waals surface area contributed by atoms with Crippen LogP contribution in [-0.4, -0.2) is 40.8 Å². The van der Waals surface area contributed by atoms with Gasteiger partial charge in [-0.15, -0.1) is 6.42 Å². The van der Waals surface area contributed by atoms with E-state index in [-0.39, 0.29) is 18.5 Å². The summed E-state index contributed by atoms with van der Waals surface area (Å²) < 4.78 is 11.1. The van der Waals surface area contributed by atoms with Crippen molar-refractivity contribution >= 4 is 16.7 Å². The zero-order valence-electron chi connectivity index (χ0n) is 8.62. The van der Waals surface area contributed by atoms with E-state index < -0.39 is 10.8 Å². The summed E-state index contributed by atoms with van der Waals surface area (Å²) in [6.45, 7) is 0.659. The van der Waals surface area contributed by atoms with E-state index in [9.17, 15) is 9.00 Å². The molecule has 15 heavy (non-hydrogen) atoms. The van der Waals surface area contributed by atoms with Gasteiger partial charge in [-0.2, -0.15) is 0 Å². The molecule has 0 spiro atoms. The highest BCUT2D eigenvalue weighted by atomic mass is 32.2. The number of carbonyl (C=O) groups excluding carboxylic acids is 1. The van der Waals surface area contributed by atoms with Crippen LogP contribution in [0.4, 0.5) is 0 Å². The molecule has 0 aliphatic carbocycles. The summed E-state index contributed by atoms with van der Waals surface area (Å²) in [5.41, 5.74) is 0. The lowest BCUT2D eigenvalue weighted by atomic mass is 10.1. The van der Waals surface area contributed by atoms with Gasteiger partial charge < -0.3 is 5.32 Å². The molecule has 0 radical (unpaired) electrons. The SMILES string of the molecule is C#CCNCC(=O)NC1CCS(=O)CC1. The molecule has 2 N–H and O–H groups in total. The highest BCUT2D eigenvalue weighted by Gasteiger charge is 2.18. The predicted molar refractivity (Wildman–Crippen MR) is 60.7 cm³/mol. The second kappa shape index (κ2) is 6.59. The first kappa shape index (κ1) is 12.2. The van der Waals surface area contributed by atoms with Crippen molar-refractivity contribution in [2.24, 2.45) is 0 Å². The van der Waals surface area contributed by atoms with E-state index >= 15 is 0 Å². The van der Waals surface area contributed by atoms with Crippen LogP contribution in [0.2, 0.25) is 0 Å². The average Bonchev–Trinajstić information content (AvgIpc) is 2.22. The van der Waals surface area contributed by atoms with E-state index in [0.717, 1.165) is 12.8 Å². The first-order valence-electron chi connectivity index (χ1n) is 5.01. The second-order valence-electron chi connectivity index (χ2n) is 3.50. The van der Waals surface area contributed by atoms with Gasteiger partial charge in [0.15, 0.2) is 0 Å². The summed E-state index contributed by atoms with van der Waals surface area (Å²) in [6.07, 6.45) is 6.66. The lowest BCUT2D eigenvalue weighted by Crippen LogP contribution is -2.43. The number of terminal acetylenes is 1. The van der Waals surface area contributed by atoms with E-state index in [2.05, 4.69) is 16.6 Å². The van der Waals surface area contributed by atoms with Crippen molar-refractivity contribution in [3.05, 3.63) is 0 Å². The van der Waals surface area contributed by atoms with Gasteiger partial charge in [-0.05, 0) is 12.8 Å². The molecule has 0 atom stereocenters. The average molecular weight is 228 g/mol. The maximum Gasteiger partial charge on any atom is 0.234 e. The van der Waals surface area contributed by atoms with E-state index in [1.807, 2.05) is 0 Å². The van der Waals surface area contributed by atoms with Crippen molar-refractivity contribution in [1.29, 1.82) is 0 Å². The molecule has 1 saturated heterocycles. The maximum absolute atomic E-state index is 11.3. The Morgan fingerprint density at radius 3 is 2.73 bits per heavy atom. The zero-order chi connectivity index (χ0) is 11.1. The molecule has 4 nitrogen and oxygen atoms in total. The summed E-state index contributed by atoms with van der Waals surface area (Å²) in [6, 6.07) is 0.183. The molecule has 1 aliphatic rings. The summed E-state index contributed by atoms with van der Waals surface area (Å²) in [5.74, 6) is 3.76. The van der Waals surface area contributed by atoms with Gasteiger partial charge in [-0.1, -0.05) is 5.92 Å². The van der Waals surface area contributed by atoms with Crippen LogP contribution in [0.3, 0.4) is 0 Å². The minimum absolute atomic E-state index is 0.0390. The van der Waals surface area contributed by atoms with Gasteiger partial charge >= 0.3 is 0 Å². The fraction of sp³-hybridized carbons (Fsp3) is 0.700. The number of carbonyl (C=O) groups is 1. The topological polar surface area (TPSA) is 58.2 Å². The Morgan fingerprint density at radius 1 is 1.47 bits per heavy atom. The molecule has 1 aliphatic heterocycles. The van der Waals surface area contributed by atoms with E-state index in [0.29, 0.717) is 18.1 Å². The molecule has 84 valence electrons. The smallest absolute Gasteiger partial charge is 0.234 e. The third kappa shape index (κ3) is 4.96. The highest BCUT2D eigenvalue weighted by Crippen LogP contribution is 2.08. The van der Waals surface area contributed by atoms with Crippen molar-refractivity contribution in [2.45, 2.75) is 18.9 Å². The largest absolute Gasteiger partial charge is 0.352 e. The summed E-state index contributed by atoms with van der Waals surface area (Å²) >= 11 is 0. The first-order valence-corrected chi connectivity index (χ1v) is 6.49. The quantitative estimate of drug-likeness (QED) is 0.491. The van der Waals surface area contributed by atoms with Gasteiger partial charge in [0.1, 0.15) is 0 Å². The van der Waals surface area contributed by atoms with Crippen LogP contribution >= 0.6 is 0 Å². The monoisotopic (exact) mass is 228 g/mol. The van der Waals surface area contributed by atoms with Crippen LogP contribution < -0.4 is 10.6 Å². The molecular weight excluding hydrogens is 212 g/mol. The fourth-order valence-electron chi connectivity index (χ4n) is 1.47. The summed E-state index contributed by atoms with van der Waals surface area (Å²) in [5, 5.41) is 5.72. The second-order valence-corrected chi connectivity index (χ2v) is 5.19. The number of nitrogens with one attached hydrogen (secondary N) is 2. The van der Waals surface area contributed by atoms with Gasteiger partial charge in [0, 0.05) is 28.3 Å². The molecular formula is C10H16N2O2S. The van der Waals surface area contributed by atoms with Crippen LogP contribution in [-0.2, 0) is 15.6 Å². The third-order valence-electron chi connectivity index (χ3n) is 2.27. The molecule has 1 rings (SSSR count). The van der Waals surface area contributed by atoms with Gasteiger partial charge in [0.05, 0.1) is 13.1 Å². The van der Waals surface area contributed by atoms with Crippen molar-refractivity contribution in [3.8, 4) is 12.3 Å². The van der Waals surface area contributed by atoms with Crippen LogP contribution in [0.25, 0.3) is 0 Å². The van der Waals surface area contributed by atoms with Crippen LogP contribution in [0, 0.1) is 12.3 Å². The minimum atomic E-state index is -0.676. The molecule has 0 unspecified atom stereocenters. The van der Waals surface area contributed by atoms with Gasteiger partial charge in [0.2, 0.25) is 5.91 Å². The summed E-state index contributed by atoms with van der Waals surface area (Å²) in [7, 11) is -0.676. The van der Waals surface area contributed by atoms with Crippen LogP contribution in [0.1, 0.15) is 12.8 Å². The molecule has 0 aromatic heterocycles. The predicted octanol–water partition coefficient (Wildman–Crippen LogP) is -0.763. The normalized spacial score (nSPS) is 25.5. The third-order valence-corrected chi connectivity index (χ3v) is 3.65. The Balaban J connectivity index is 2.15. The standard InChI is InChI=1S/C10H16N2O2S/c1-2-5-11-8-10(13)12-9-3-6-15(14)7-4-9/h1,9,11H,3-8H2,(H,12,13). The Labute approximate surface area is 92.7 Å². The Kier molecular flexibility index (Phi) is 5.37. The van der Waals surface area contributed by atoms with Gasteiger partial charge in [-0.25, -0.2) is 0 Å². The van der Waals surface area contributed by atoms with E-state index in [4.69, 9.17) is 6.42 Å². The van der Waals surface area contributed by atoms with E-state index in [1.54, 1.807) is 0 Å². The van der Waals surface area contributed by atoms with Crippen molar-refractivity contribution < 1.29 is 9.00 Å². The Hall–Kier alpha value is -0.860. The Bertz CT molecular complexity index is 276. The number of hydrogen-bond donors (Lipinski definition) is 2. The molecule has 0 aromatic rings. The van der Waals surface area contributed by atoms with E-state index in [1.165, 1.54) is 0 Å². The van der Waals surface area contributed by atoms with Gasteiger partial charge in [0.25, 0.3) is 0 Å². The molecule has 1 amide bonds. The number of rotatable bonds is 4. The van der Waals surface area contributed by atoms with Crippen molar-refractivity contribution in [1.82, 2.24) is 10.6 Å². The van der Waals surface area contributed by atoms with Crippen LogP contribution in [0.5, 0.6) is 0 Å². The number of amides is 1. The zero-order valence-corrected chi connectivity index (χ0v) is 9.44. The Morgan fingerprint density at radius 2 is 2.13 bits per heavy atom. The fourth-order valence-corrected chi connectivity index (χ4v) is 2.76. The minimum Gasteiger partial charge on any atom is -0.352 e. The summed E-state index contributed by atoms with van der Waals surface area (Å²) in [4.78, 5) is 11.3. The maximum atomic E-state index is 11.3. The molecule has 0 aromatic carbocycles. The highest BCUT2D eigenvalue weighted by molar-refractivity contribution is 7.85. The molecule has 0 saturated carbocycles. The van der Waals surface area contributed by atoms with Crippen molar-refractivity contribution in [2.75, 3.05) is 24.6 Å².